The van der Waals surface area contributed by atoms with Crippen molar-refractivity contribution in [2.75, 3.05) is 5.32 Å². The molecule has 1 heterocycles. The third-order valence-corrected chi connectivity index (χ3v) is 5.03. The molecule has 0 spiro atoms. The van der Waals surface area contributed by atoms with Gasteiger partial charge < -0.3 is 10.2 Å². The van der Waals surface area contributed by atoms with Crippen LogP contribution >= 0.6 is 0 Å². The highest BCUT2D eigenvalue weighted by molar-refractivity contribution is 6.01. The molecule has 0 unspecified atom stereocenters. The Kier molecular flexibility index (Phi) is 4.93. The third kappa shape index (κ3) is 3.03. The summed E-state index contributed by atoms with van der Waals surface area (Å²) in [6.07, 6.45) is 0.948. The van der Waals surface area contributed by atoms with Crippen molar-refractivity contribution >= 4 is 17.3 Å². The van der Waals surface area contributed by atoms with Crippen molar-refractivity contribution in [1.29, 1.82) is 0 Å². The molecule has 0 radical (unpaired) electrons. The number of nitrogens with one attached hydrogen (secondary N) is 1. The minimum Gasteiger partial charge on any atom is -0.361 e. The number of hydrogen-bond donors (Lipinski definition) is 1. The van der Waals surface area contributed by atoms with Crippen LogP contribution in [0.2, 0.25) is 0 Å². The summed E-state index contributed by atoms with van der Waals surface area (Å²) >= 11 is 0. The highest BCUT2D eigenvalue weighted by atomic mass is 16.6. The number of nitro groups is 1. The van der Waals surface area contributed by atoms with Gasteiger partial charge in [0.05, 0.1) is 10.5 Å². The van der Waals surface area contributed by atoms with Crippen LogP contribution in [-0.4, -0.2) is 21.8 Å². The number of nitro benzene ring substituents is 1. The Hall–Kier alpha value is -2.89. The maximum absolute atomic E-state index is 13.1. The van der Waals surface area contributed by atoms with Gasteiger partial charge in [-0.1, -0.05) is 38.1 Å². The van der Waals surface area contributed by atoms with Gasteiger partial charge in [-0.15, -0.1) is 0 Å². The lowest BCUT2D eigenvalue weighted by Crippen LogP contribution is -2.47. The number of aryl methyl sites for hydroxylation is 1. The first-order chi connectivity index (χ1) is 12.5. The van der Waals surface area contributed by atoms with Crippen LogP contribution in [0.5, 0.6) is 0 Å². The van der Waals surface area contributed by atoms with E-state index < -0.39 is 6.17 Å². The minimum absolute atomic E-state index is 0.00161. The SMILES string of the molecule is CCc1ccc([C@H]2Nc3ccccc3C(=O)N2[C@@H](C)CC)cc1[N+](=O)[O-]. The summed E-state index contributed by atoms with van der Waals surface area (Å²) in [7, 11) is 0. The average molecular weight is 353 g/mol. The van der Waals surface area contributed by atoms with E-state index in [4.69, 9.17) is 0 Å². The van der Waals surface area contributed by atoms with Crippen molar-refractivity contribution in [2.45, 2.75) is 45.8 Å². The first kappa shape index (κ1) is 17.9. The van der Waals surface area contributed by atoms with Gasteiger partial charge in [0.1, 0.15) is 6.17 Å². The van der Waals surface area contributed by atoms with Crippen molar-refractivity contribution in [3.63, 3.8) is 0 Å². The fraction of sp³-hybridized carbons (Fsp3) is 0.350. The molecular formula is C20H23N3O3. The second-order valence-corrected chi connectivity index (χ2v) is 6.56. The molecule has 0 aliphatic carbocycles. The number of hydrogen-bond acceptors (Lipinski definition) is 4. The van der Waals surface area contributed by atoms with Crippen LogP contribution in [0.25, 0.3) is 0 Å². The Morgan fingerprint density at radius 2 is 1.96 bits per heavy atom. The molecule has 136 valence electrons. The molecule has 2 atom stereocenters. The van der Waals surface area contributed by atoms with E-state index in [1.807, 2.05) is 45.0 Å². The van der Waals surface area contributed by atoms with Crippen molar-refractivity contribution in [1.82, 2.24) is 4.90 Å². The van der Waals surface area contributed by atoms with Crippen molar-refractivity contribution in [3.8, 4) is 0 Å². The van der Waals surface area contributed by atoms with Gasteiger partial charge in [-0.3, -0.25) is 14.9 Å². The fourth-order valence-corrected chi connectivity index (χ4v) is 3.38. The molecule has 6 heteroatoms. The number of carbonyl (C=O) groups excluding carboxylic acids is 1. The number of anilines is 1. The molecular weight excluding hydrogens is 330 g/mol. The lowest BCUT2D eigenvalue weighted by Gasteiger charge is -2.41. The van der Waals surface area contributed by atoms with Crippen molar-refractivity contribution in [2.24, 2.45) is 0 Å². The van der Waals surface area contributed by atoms with Crippen molar-refractivity contribution < 1.29 is 9.72 Å². The number of para-hydroxylation sites is 1. The topological polar surface area (TPSA) is 75.5 Å². The van der Waals surface area contributed by atoms with Gasteiger partial charge in [0, 0.05) is 28.9 Å². The van der Waals surface area contributed by atoms with E-state index in [1.54, 1.807) is 23.1 Å². The van der Waals surface area contributed by atoms with Gasteiger partial charge in [-0.25, -0.2) is 0 Å². The van der Waals surface area contributed by atoms with Crippen LogP contribution in [-0.2, 0) is 6.42 Å². The van der Waals surface area contributed by atoms with Crippen LogP contribution in [0, 0.1) is 10.1 Å². The highest BCUT2D eigenvalue weighted by Crippen LogP contribution is 2.36. The lowest BCUT2D eigenvalue weighted by molar-refractivity contribution is -0.385. The summed E-state index contributed by atoms with van der Waals surface area (Å²) in [5.41, 5.74) is 2.89. The van der Waals surface area contributed by atoms with E-state index in [0.717, 1.165) is 17.7 Å². The van der Waals surface area contributed by atoms with Gasteiger partial charge in [0.15, 0.2) is 0 Å². The summed E-state index contributed by atoms with van der Waals surface area (Å²) in [4.78, 5) is 26.0. The monoisotopic (exact) mass is 353 g/mol. The van der Waals surface area contributed by atoms with Crippen LogP contribution in [0.3, 0.4) is 0 Å². The summed E-state index contributed by atoms with van der Waals surface area (Å²) in [6, 6.07) is 12.6. The lowest BCUT2D eigenvalue weighted by atomic mass is 9.99. The van der Waals surface area contributed by atoms with E-state index in [0.29, 0.717) is 17.5 Å². The van der Waals surface area contributed by atoms with E-state index in [-0.39, 0.29) is 22.6 Å². The van der Waals surface area contributed by atoms with Gasteiger partial charge in [-0.05, 0) is 31.9 Å². The number of rotatable bonds is 5. The van der Waals surface area contributed by atoms with E-state index >= 15 is 0 Å². The number of benzene rings is 2. The van der Waals surface area contributed by atoms with Gasteiger partial charge in [-0.2, -0.15) is 0 Å². The molecule has 1 aliphatic heterocycles. The smallest absolute Gasteiger partial charge is 0.272 e. The molecule has 0 bridgehead atoms. The fourth-order valence-electron chi connectivity index (χ4n) is 3.38. The molecule has 2 aromatic rings. The maximum atomic E-state index is 13.1. The number of amides is 1. The standard InChI is InChI=1S/C20H23N3O3/c1-4-13(3)22-19(21-17-9-7-6-8-16(17)20(22)24)15-11-10-14(5-2)18(12-15)23(25)26/h6-13,19,21H,4-5H2,1-3H3/t13-,19-/m0/s1. The zero-order valence-corrected chi connectivity index (χ0v) is 15.2. The van der Waals surface area contributed by atoms with Crippen LogP contribution < -0.4 is 5.32 Å². The molecule has 1 amide bonds. The first-order valence-electron chi connectivity index (χ1n) is 8.93. The minimum atomic E-state index is -0.433. The molecule has 0 aromatic heterocycles. The average Bonchev–Trinajstić information content (AvgIpc) is 2.66. The van der Waals surface area contributed by atoms with E-state index in [2.05, 4.69) is 5.32 Å². The largest absolute Gasteiger partial charge is 0.361 e. The molecule has 0 fully saturated rings. The molecule has 6 nitrogen and oxygen atoms in total. The quantitative estimate of drug-likeness (QED) is 0.633. The Morgan fingerprint density at radius 3 is 2.62 bits per heavy atom. The van der Waals surface area contributed by atoms with E-state index in [1.165, 1.54) is 0 Å². The zero-order valence-electron chi connectivity index (χ0n) is 15.2. The molecule has 26 heavy (non-hydrogen) atoms. The normalized spacial score (nSPS) is 17.4. The predicted molar refractivity (Wildman–Crippen MR) is 101 cm³/mol. The highest BCUT2D eigenvalue weighted by Gasteiger charge is 2.36. The number of carbonyl (C=O) groups is 1. The Balaban J connectivity index is 2.11. The second-order valence-electron chi connectivity index (χ2n) is 6.56. The molecule has 0 saturated carbocycles. The second kappa shape index (κ2) is 7.15. The zero-order chi connectivity index (χ0) is 18.8. The van der Waals surface area contributed by atoms with Gasteiger partial charge in [0.2, 0.25) is 0 Å². The Morgan fingerprint density at radius 1 is 1.23 bits per heavy atom. The summed E-state index contributed by atoms with van der Waals surface area (Å²) < 4.78 is 0. The van der Waals surface area contributed by atoms with Crippen molar-refractivity contribution in [3.05, 3.63) is 69.3 Å². The van der Waals surface area contributed by atoms with Crippen LogP contribution in [0.1, 0.15) is 54.8 Å². The predicted octanol–water partition coefficient (Wildman–Crippen LogP) is 4.52. The van der Waals surface area contributed by atoms with Gasteiger partial charge >= 0.3 is 0 Å². The van der Waals surface area contributed by atoms with Gasteiger partial charge in [0.25, 0.3) is 11.6 Å². The summed E-state index contributed by atoms with van der Waals surface area (Å²) in [5.74, 6) is -0.0547. The van der Waals surface area contributed by atoms with E-state index in [9.17, 15) is 14.9 Å². The molecule has 1 N–H and O–H groups in total. The summed E-state index contributed by atoms with van der Waals surface area (Å²) in [6.45, 7) is 5.92. The third-order valence-electron chi connectivity index (χ3n) is 5.03. The maximum Gasteiger partial charge on any atom is 0.272 e. The molecule has 1 aliphatic rings. The Labute approximate surface area is 153 Å². The van der Waals surface area contributed by atoms with Crippen LogP contribution in [0.4, 0.5) is 11.4 Å². The van der Waals surface area contributed by atoms with Crippen LogP contribution in [0.15, 0.2) is 42.5 Å². The summed E-state index contributed by atoms with van der Waals surface area (Å²) in [5, 5.41) is 14.8. The number of fused-ring (bicyclic) bond motifs is 1. The molecule has 0 saturated heterocycles. The molecule has 2 aromatic carbocycles. The Bertz CT molecular complexity index is 850. The first-order valence-corrected chi connectivity index (χ1v) is 8.93. The molecule has 3 rings (SSSR count). The number of nitrogens with zero attached hydrogens (tertiary/aromatic N) is 2.